The zero-order chi connectivity index (χ0) is 23.3. The van der Waals surface area contributed by atoms with Gasteiger partial charge in [-0.1, -0.05) is 12.8 Å². The Morgan fingerprint density at radius 3 is 2.59 bits per heavy atom. The van der Waals surface area contributed by atoms with Crippen molar-refractivity contribution in [3.05, 3.63) is 12.7 Å². The SMILES string of the molecule is CN1CCN(C#C[C@H]2O[C@@H](n3cnc4c(NC5CCCC5)ncnc43)[C@@H]3OC(C)(C)O[C@@H]32)CC1. The second-order valence-corrected chi connectivity index (χ2v) is 10.2. The summed E-state index contributed by atoms with van der Waals surface area (Å²) in [4.78, 5) is 18.2. The van der Waals surface area contributed by atoms with E-state index in [1.165, 1.54) is 12.8 Å². The molecule has 0 bridgehead atoms. The van der Waals surface area contributed by atoms with Crippen LogP contribution in [0.4, 0.5) is 5.82 Å². The summed E-state index contributed by atoms with van der Waals surface area (Å²) in [6.45, 7) is 7.75. The number of likely N-dealkylation sites (N-methyl/N-ethyl adjacent to an activating group) is 1. The molecule has 0 aromatic carbocycles. The minimum atomic E-state index is -0.703. The maximum absolute atomic E-state index is 6.44. The van der Waals surface area contributed by atoms with E-state index in [9.17, 15) is 0 Å². The second-order valence-electron chi connectivity index (χ2n) is 10.2. The minimum Gasteiger partial charge on any atom is -0.365 e. The van der Waals surface area contributed by atoms with Crippen LogP contribution in [0, 0.1) is 12.0 Å². The van der Waals surface area contributed by atoms with Gasteiger partial charge in [-0.25, -0.2) is 15.0 Å². The zero-order valence-electron chi connectivity index (χ0n) is 20.1. The highest BCUT2D eigenvalue weighted by atomic mass is 16.8. The fraction of sp³-hybridized carbons (Fsp3) is 0.708. The molecule has 34 heavy (non-hydrogen) atoms. The smallest absolute Gasteiger partial charge is 0.167 e. The third-order valence-corrected chi connectivity index (χ3v) is 7.23. The third-order valence-electron chi connectivity index (χ3n) is 7.23. The van der Waals surface area contributed by atoms with Crippen molar-refractivity contribution in [2.24, 2.45) is 0 Å². The fourth-order valence-corrected chi connectivity index (χ4v) is 5.40. The molecular weight excluding hydrogens is 434 g/mol. The van der Waals surface area contributed by atoms with Crippen molar-refractivity contribution in [1.29, 1.82) is 0 Å². The first kappa shape index (κ1) is 22.0. The van der Waals surface area contributed by atoms with Crippen LogP contribution in [0.15, 0.2) is 12.7 Å². The molecular formula is C24H33N7O3. The summed E-state index contributed by atoms with van der Waals surface area (Å²) < 4.78 is 20.9. The van der Waals surface area contributed by atoms with Crippen LogP contribution in [-0.4, -0.2) is 92.7 Å². The predicted octanol–water partition coefficient (Wildman–Crippen LogP) is 1.81. The number of hydrogen-bond donors (Lipinski definition) is 1. The van der Waals surface area contributed by atoms with Crippen LogP contribution in [0.3, 0.4) is 0 Å². The van der Waals surface area contributed by atoms with Gasteiger partial charge in [-0.15, -0.1) is 0 Å². The molecule has 0 spiro atoms. The Bertz CT molecular complexity index is 1090. The zero-order valence-corrected chi connectivity index (χ0v) is 20.1. The average Bonchev–Trinajstić information content (AvgIpc) is 3.58. The first-order valence-corrected chi connectivity index (χ1v) is 12.4. The quantitative estimate of drug-likeness (QED) is 0.679. The lowest BCUT2D eigenvalue weighted by Crippen LogP contribution is -2.42. The molecule has 2 aromatic heterocycles. The largest absolute Gasteiger partial charge is 0.365 e. The predicted molar refractivity (Wildman–Crippen MR) is 126 cm³/mol. The van der Waals surface area contributed by atoms with E-state index in [0.29, 0.717) is 6.04 Å². The number of ether oxygens (including phenoxy) is 3. The lowest BCUT2D eigenvalue weighted by Gasteiger charge is -2.29. The van der Waals surface area contributed by atoms with Crippen molar-refractivity contribution in [1.82, 2.24) is 29.3 Å². The van der Waals surface area contributed by atoms with E-state index in [2.05, 4.69) is 49.1 Å². The molecule has 1 aliphatic carbocycles. The van der Waals surface area contributed by atoms with Gasteiger partial charge in [0, 0.05) is 38.3 Å². The molecule has 1 N–H and O–H groups in total. The minimum absolute atomic E-state index is 0.282. The molecule has 182 valence electrons. The Morgan fingerprint density at radius 1 is 1.03 bits per heavy atom. The second kappa shape index (κ2) is 8.64. The summed E-state index contributed by atoms with van der Waals surface area (Å²) in [5, 5.41) is 3.56. The summed E-state index contributed by atoms with van der Waals surface area (Å²) in [7, 11) is 2.14. The molecule has 10 heteroatoms. The molecule has 6 rings (SSSR count). The number of aromatic nitrogens is 4. The molecule has 4 atom stereocenters. The van der Waals surface area contributed by atoms with Gasteiger partial charge in [0.1, 0.15) is 18.5 Å². The number of piperazine rings is 1. The van der Waals surface area contributed by atoms with Gasteiger partial charge in [-0.2, -0.15) is 0 Å². The summed E-state index contributed by atoms with van der Waals surface area (Å²) in [5.74, 6) is 3.40. The number of fused-ring (bicyclic) bond motifs is 2. The van der Waals surface area contributed by atoms with Crippen LogP contribution in [0.2, 0.25) is 0 Å². The Balaban J connectivity index is 1.27. The van der Waals surface area contributed by atoms with Crippen molar-refractivity contribution >= 4 is 17.0 Å². The topological polar surface area (TPSA) is 89.8 Å². The summed E-state index contributed by atoms with van der Waals surface area (Å²) in [6, 6.07) is 3.75. The number of anilines is 1. The maximum atomic E-state index is 6.44. The molecule has 0 amide bonds. The van der Waals surface area contributed by atoms with Crippen LogP contribution < -0.4 is 5.32 Å². The van der Waals surface area contributed by atoms with Gasteiger partial charge in [0.05, 0.1) is 6.33 Å². The van der Waals surface area contributed by atoms with Crippen LogP contribution in [0.1, 0.15) is 45.8 Å². The van der Waals surface area contributed by atoms with E-state index < -0.39 is 18.1 Å². The maximum Gasteiger partial charge on any atom is 0.167 e. The van der Waals surface area contributed by atoms with Crippen molar-refractivity contribution < 1.29 is 14.2 Å². The molecule has 2 aromatic rings. The molecule has 3 aliphatic heterocycles. The Hall–Kier alpha value is -2.45. The summed E-state index contributed by atoms with van der Waals surface area (Å²) in [6.07, 6.45) is 6.77. The summed E-state index contributed by atoms with van der Waals surface area (Å²) >= 11 is 0. The number of imidazole rings is 1. The van der Waals surface area contributed by atoms with Gasteiger partial charge in [0.15, 0.2) is 35.1 Å². The number of rotatable bonds is 3. The lowest BCUT2D eigenvalue weighted by atomic mass is 10.1. The van der Waals surface area contributed by atoms with E-state index in [0.717, 1.165) is 56.0 Å². The molecule has 0 radical (unpaired) electrons. The van der Waals surface area contributed by atoms with E-state index in [-0.39, 0.29) is 12.2 Å². The first-order valence-electron chi connectivity index (χ1n) is 12.4. The first-order chi connectivity index (χ1) is 16.5. The van der Waals surface area contributed by atoms with Crippen LogP contribution in [0.5, 0.6) is 0 Å². The normalized spacial score (nSPS) is 31.6. The molecule has 5 heterocycles. The van der Waals surface area contributed by atoms with E-state index in [1.54, 1.807) is 12.7 Å². The van der Waals surface area contributed by atoms with Gasteiger partial charge in [-0.05, 0) is 39.7 Å². The van der Waals surface area contributed by atoms with Crippen molar-refractivity contribution in [3.63, 3.8) is 0 Å². The van der Waals surface area contributed by atoms with Crippen LogP contribution in [0.25, 0.3) is 11.2 Å². The van der Waals surface area contributed by atoms with Crippen molar-refractivity contribution in [2.75, 3.05) is 38.5 Å². The molecule has 4 aliphatic rings. The van der Waals surface area contributed by atoms with E-state index in [1.807, 2.05) is 18.4 Å². The van der Waals surface area contributed by atoms with Crippen LogP contribution in [-0.2, 0) is 14.2 Å². The monoisotopic (exact) mass is 467 g/mol. The van der Waals surface area contributed by atoms with Gasteiger partial charge in [0.25, 0.3) is 0 Å². The molecule has 4 fully saturated rings. The Kier molecular flexibility index (Phi) is 5.60. The van der Waals surface area contributed by atoms with E-state index >= 15 is 0 Å². The number of nitrogens with zero attached hydrogens (tertiary/aromatic N) is 6. The van der Waals surface area contributed by atoms with Gasteiger partial charge >= 0.3 is 0 Å². The van der Waals surface area contributed by atoms with Crippen LogP contribution >= 0.6 is 0 Å². The standard InChI is InChI=1S/C24H33N7O3/c1-24(2)33-19-17(8-9-30-12-10-29(3)11-13-30)32-23(20(19)34-24)31-15-27-18-21(25-14-26-22(18)31)28-16-6-4-5-7-16/h14-17,19-20,23H,4-7,10-13H2,1-3H3,(H,25,26,28)/t17-,19-,20-,23-/m1/s1. The average molecular weight is 468 g/mol. The van der Waals surface area contributed by atoms with E-state index in [4.69, 9.17) is 14.2 Å². The molecule has 10 nitrogen and oxygen atoms in total. The van der Waals surface area contributed by atoms with Gasteiger partial charge in [-0.3, -0.25) is 4.57 Å². The molecule has 0 unspecified atom stereocenters. The van der Waals surface area contributed by atoms with Gasteiger partial charge < -0.3 is 29.3 Å². The molecule has 3 saturated heterocycles. The number of hydrogen-bond acceptors (Lipinski definition) is 9. The Morgan fingerprint density at radius 2 is 1.79 bits per heavy atom. The highest BCUT2D eigenvalue weighted by Gasteiger charge is 2.56. The number of nitrogens with one attached hydrogen (secondary N) is 1. The molecule has 1 saturated carbocycles. The highest BCUT2D eigenvalue weighted by molar-refractivity contribution is 5.82. The third kappa shape index (κ3) is 4.11. The summed E-state index contributed by atoms with van der Waals surface area (Å²) in [5.41, 5.74) is 1.47. The lowest BCUT2D eigenvalue weighted by molar-refractivity contribution is -0.190. The fourth-order valence-electron chi connectivity index (χ4n) is 5.40. The van der Waals surface area contributed by atoms with Crippen molar-refractivity contribution in [3.8, 4) is 12.0 Å². The van der Waals surface area contributed by atoms with Gasteiger partial charge in [0.2, 0.25) is 0 Å². The highest BCUT2D eigenvalue weighted by Crippen LogP contribution is 2.43. The van der Waals surface area contributed by atoms with Crippen molar-refractivity contribution in [2.45, 2.75) is 75.9 Å². The Labute approximate surface area is 200 Å².